The van der Waals surface area contributed by atoms with Crippen LogP contribution in [0.3, 0.4) is 0 Å². The summed E-state index contributed by atoms with van der Waals surface area (Å²) in [6.45, 7) is 1.98. The molecule has 1 N–H and O–H groups in total. The van der Waals surface area contributed by atoms with Crippen LogP contribution in [0.25, 0.3) is 0 Å². The first-order valence-corrected chi connectivity index (χ1v) is 4.79. The number of aliphatic hydroxyl groups is 1. The van der Waals surface area contributed by atoms with Crippen molar-refractivity contribution in [3.05, 3.63) is 23.3 Å². The van der Waals surface area contributed by atoms with Gasteiger partial charge in [0.15, 0.2) is 17.6 Å². The average molecular weight is 224 g/mol. The average Bonchev–Trinajstić information content (AvgIpc) is 2.75. The zero-order chi connectivity index (χ0) is 11.7. The van der Waals surface area contributed by atoms with Gasteiger partial charge in [0.05, 0.1) is 7.11 Å². The van der Waals surface area contributed by atoms with Crippen LogP contribution in [0, 0.1) is 6.92 Å². The molecule has 5 heteroatoms. The van der Waals surface area contributed by atoms with Crippen LogP contribution >= 0.6 is 0 Å². The minimum absolute atomic E-state index is 0.161. The first-order chi connectivity index (χ1) is 7.63. The fourth-order valence-corrected chi connectivity index (χ4v) is 1.62. The number of aryl methyl sites for hydroxylation is 1. The largest absolute Gasteiger partial charge is 0.467 e. The molecule has 1 aliphatic rings. The Hall–Kier alpha value is -1.75. The normalized spacial score (nSPS) is 14.7. The first kappa shape index (κ1) is 10.8. The highest BCUT2D eigenvalue weighted by Crippen LogP contribution is 2.37. The highest BCUT2D eigenvalue weighted by Gasteiger charge is 2.23. The Labute approximate surface area is 92.5 Å². The van der Waals surface area contributed by atoms with Crippen LogP contribution in [0.4, 0.5) is 0 Å². The third kappa shape index (κ3) is 1.69. The van der Waals surface area contributed by atoms with E-state index in [1.165, 1.54) is 7.11 Å². The van der Waals surface area contributed by atoms with E-state index in [2.05, 4.69) is 4.74 Å². The SMILES string of the molecule is COC(=O)C(O)c1cc(C)c2c(c1)OCO2. The van der Waals surface area contributed by atoms with Crippen LogP contribution in [-0.2, 0) is 9.53 Å². The lowest BCUT2D eigenvalue weighted by Gasteiger charge is -2.10. The molecule has 5 nitrogen and oxygen atoms in total. The van der Waals surface area contributed by atoms with Crippen LogP contribution in [0.5, 0.6) is 11.5 Å². The minimum atomic E-state index is -1.29. The number of esters is 1. The Morgan fingerprint density at radius 3 is 2.94 bits per heavy atom. The lowest BCUT2D eigenvalue weighted by molar-refractivity contribution is -0.150. The Morgan fingerprint density at radius 2 is 2.25 bits per heavy atom. The van der Waals surface area contributed by atoms with Crippen molar-refractivity contribution in [1.29, 1.82) is 0 Å². The van der Waals surface area contributed by atoms with Gasteiger partial charge in [-0.3, -0.25) is 0 Å². The third-order valence-electron chi connectivity index (χ3n) is 2.42. The predicted octanol–water partition coefficient (Wildman–Crippen LogP) is 0.930. The molecule has 0 spiro atoms. The van der Waals surface area contributed by atoms with E-state index in [1.807, 2.05) is 6.92 Å². The molecule has 0 radical (unpaired) electrons. The summed E-state index contributed by atoms with van der Waals surface area (Å²) < 4.78 is 14.9. The summed E-state index contributed by atoms with van der Waals surface area (Å²) in [6.07, 6.45) is -1.29. The topological polar surface area (TPSA) is 65.0 Å². The molecule has 1 heterocycles. The van der Waals surface area contributed by atoms with E-state index < -0.39 is 12.1 Å². The molecular formula is C11H12O5. The summed E-state index contributed by atoms with van der Waals surface area (Å²) >= 11 is 0. The second-order valence-electron chi connectivity index (χ2n) is 3.50. The van der Waals surface area contributed by atoms with Crippen molar-refractivity contribution >= 4 is 5.97 Å². The molecule has 1 aromatic rings. The number of carbonyl (C=O) groups is 1. The zero-order valence-electron chi connectivity index (χ0n) is 9.02. The summed E-state index contributed by atoms with van der Waals surface area (Å²) in [5.41, 5.74) is 1.25. The van der Waals surface area contributed by atoms with Crippen molar-refractivity contribution in [3.8, 4) is 11.5 Å². The molecule has 1 unspecified atom stereocenters. The van der Waals surface area contributed by atoms with E-state index in [9.17, 15) is 9.90 Å². The molecular weight excluding hydrogens is 212 g/mol. The van der Waals surface area contributed by atoms with Gasteiger partial charge in [0.2, 0.25) is 6.79 Å². The van der Waals surface area contributed by atoms with Gasteiger partial charge in [0, 0.05) is 0 Å². The maximum absolute atomic E-state index is 11.2. The summed E-state index contributed by atoms with van der Waals surface area (Å²) in [7, 11) is 1.23. The summed E-state index contributed by atoms with van der Waals surface area (Å²) in [5.74, 6) is 0.497. The standard InChI is InChI=1S/C11H12O5/c1-6-3-7(9(12)11(13)14-2)4-8-10(6)16-5-15-8/h3-4,9,12H,5H2,1-2H3. The number of carbonyl (C=O) groups excluding carboxylic acids is 1. The van der Waals surface area contributed by atoms with Crippen LogP contribution in [-0.4, -0.2) is 25.0 Å². The molecule has 0 aromatic heterocycles. The van der Waals surface area contributed by atoms with Crippen LogP contribution in [0.1, 0.15) is 17.2 Å². The molecule has 0 fully saturated rings. The Morgan fingerprint density at radius 1 is 1.50 bits per heavy atom. The van der Waals surface area contributed by atoms with Crippen LogP contribution < -0.4 is 9.47 Å². The van der Waals surface area contributed by atoms with Gasteiger partial charge in [-0.1, -0.05) is 0 Å². The summed E-state index contributed by atoms with van der Waals surface area (Å²) in [4.78, 5) is 11.2. The maximum atomic E-state index is 11.2. The van der Waals surface area contributed by atoms with Gasteiger partial charge in [0.1, 0.15) is 0 Å². The first-order valence-electron chi connectivity index (χ1n) is 4.79. The molecule has 0 amide bonds. The Balaban J connectivity index is 2.36. The highest BCUT2D eigenvalue weighted by molar-refractivity contribution is 5.76. The molecule has 1 atom stereocenters. The predicted molar refractivity (Wildman–Crippen MR) is 54.3 cm³/mol. The van der Waals surface area contributed by atoms with Crippen molar-refractivity contribution in [2.45, 2.75) is 13.0 Å². The molecule has 0 saturated heterocycles. The number of hydrogen-bond donors (Lipinski definition) is 1. The molecule has 1 aliphatic heterocycles. The molecule has 2 rings (SSSR count). The van der Waals surface area contributed by atoms with Gasteiger partial charge in [-0.15, -0.1) is 0 Å². The number of benzene rings is 1. The lowest BCUT2D eigenvalue weighted by Crippen LogP contribution is -2.13. The van der Waals surface area contributed by atoms with Crippen LogP contribution in [0.15, 0.2) is 12.1 Å². The molecule has 1 aromatic carbocycles. The fraction of sp³-hybridized carbons (Fsp3) is 0.364. The van der Waals surface area contributed by atoms with Crippen molar-refractivity contribution < 1.29 is 24.1 Å². The van der Waals surface area contributed by atoms with Crippen molar-refractivity contribution in [1.82, 2.24) is 0 Å². The van der Waals surface area contributed by atoms with E-state index in [4.69, 9.17) is 9.47 Å². The number of rotatable bonds is 2. The smallest absolute Gasteiger partial charge is 0.339 e. The van der Waals surface area contributed by atoms with Gasteiger partial charge in [-0.2, -0.15) is 0 Å². The second kappa shape index (κ2) is 4.02. The fourth-order valence-electron chi connectivity index (χ4n) is 1.62. The van der Waals surface area contributed by atoms with E-state index >= 15 is 0 Å². The van der Waals surface area contributed by atoms with Gasteiger partial charge in [0.25, 0.3) is 0 Å². The second-order valence-corrected chi connectivity index (χ2v) is 3.50. The van der Waals surface area contributed by atoms with Crippen molar-refractivity contribution in [2.24, 2.45) is 0 Å². The van der Waals surface area contributed by atoms with Crippen molar-refractivity contribution in [2.75, 3.05) is 13.9 Å². The Kier molecular flexibility index (Phi) is 2.70. The van der Waals surface area contributed by atoms with Gasteiger partial charge in [-0.25, -0.2) is 4.79 Å². The minimum Gasteiger partial charge on any atom is -0.467 e. The number of fused-ring (bicyclic) bond motifs is 1. The van der Waals surface area contributed by atoms with E-state index in [-0.39, 0.29) is 6.79 Å². The van der Waals surface area contributed by atoms with Gasteiger partial charge >= 0.3 is 5.97 Å². The van der Waals surface area contributed by atoms with E-state index in [0.717, 1.165) is 5.56 Å². The quantitative estimate of drug-likeness (QED) is 0.757. The molecule has 0 aliphatic carbocycles. The summed E-state index contributed by atoms with van der Waals surface area (Å²) in [5, 5.41) is 9.67. The van der Waals surface area contributed by atoms with Gasteiger partial charge < -0.3 is 19.3 Å². The molecule has 16 heavy (non-hydrogen) atoms. The van der Waals surface area contributed by atoms with E-state index in [0.29, 0.717) is 17.1 Å². The summed E-state index contributed by atoms with van der Waals surface area (Å²) in [6, 6.07) is 3.26. The molecule has 0 bridgehead atoms. The number of methoxy groups -OCH3 is 1. The third-order valence-corrected chi connectivity index (χ3v) is 2.42. The number of hydrogen-bond acceptors (Lipinski definition) is 5. The van der Waals surface area contributed by atoms with Gasteiger partial charge in [-0.05, 0) is 30.2 Å². The zero-order valence-corrected chi connectivity index (χ0v) is 9.02. The van der Waals surface area contributed by atoms with E-state index in [1.54, 1.807) is 12.1 Å². The van der Waals surface area contributed by atoms with Crippen molar-refractivity contribution in [3.63, 3.8) is 0 Å². The number of ether oxygens (including phenoxy) is 3. The monoisotopic (exact) mass is 224 g/mol. The lowest BCUT2D eigenvalue weighted by atomic mass is 10.1. The molecule has 0 saturated carbocycles. The molecule has 86 valence electrons. The highest BCUT2D eigenvalue weighted by atomic mass is 16.7. The number of aliphatic hydroxyl groups excluding tert-OH is 1. The van der Waals surface area contributed by atoms with Crippen LogP contribution in [0.2, 0.25) is 0 Å². The maximum Gasteiger partial charge on any atom is 0.339 e. The Bertz CT molecular complexity index is 427.